The van der Waals surface area contributed by atoms with E-state index in [0.717, 1.165) is 0 Å². The molecule has 15 heteroatoms. The van der Waals surface area contributed by atoms with E-state index >= 15 is 0 Å². The van der Waals surface area contributed by atoms with Crippen LogP contribution in [0.5, 0.6) is 0 Å². The molecule has 0 aromatic carbocycles. The lowest BCUT2D eigenvalue weighted by atomic mass is 10.1. The lowest BCUT2D eigenvalue weighted by molar-refractivity contribution is -0.143. The zero-order valence-electron chi connectivity index (χ0n) is 18.0. The average molecular weight is 495 g/mol. The number of carbonyl (C=O) groups excluding carboxylic acids is 3. The Balaban J connectivity index is 5.26. The molecule has 3 amide bonds. The molecule has 0 aliphatic rings. The molecule has 0 fully saturated rings. The number of aliphatic hydroxyl groups is 1. The van der Waals surface area contributed by atoms with Crippen LogP contribution in [0.1, 0.15) is 32.1 Å². The quantitative estimate of drug-likeness (QED) is 0.103. The Morgan fingerprint density at radius 1 is 0.758 bits per heavy atom. The first kappa shape index (κ1) is 30.1. The summed E-state index contributed by atoms with van der Waals surface area (Å²) in [4.78, 5) is 69.9. The van der Waals surface area contributed by atoms with Crippen LogP contribution in [0.3, 0.4) is 0 Å². The van der Waals surface area contributed by atoms with Crippen LogP contribution in [0.2, 0.25) is 0 Å². The van der Waals surface area contributed by atoms with E-state index in [4.69, 9.17) is 15.9 Å². The molecular weight excluding hydrogens is 464 g/mol. The Morgan fingerprint density at radius 2 is 1.24 bits per heavy atom. The summed E-state index contributed by atoms with van der Waals surface area (Å²) in [5, 5.41) is 42.8. The zero-order chi connectivity index (χ0) is 25.6. The van der Waals surface area contributed by atoms with E-state index in [1.54, 1.807) is 6.26 Å². The minimum atomic E-state index is -1.57. The molecule has 4 unspecified atom stereocenters. The molecule has 0 rings (SSSR count). The van der Waals surface area contributed by atoms with Crippen molar-refractivity contribution in [3.63, 3.8) is 0 Å². The Bertz CT molecular complexity index is 720. The van der Waals surface area contributed by atoms with Gasteiger partial charge in [-0.3, -0.25) is 24.0 Å². The van der Waals surface area contributed by atoms with E-state index in [1.165, 1.54) is 11.8 Å². The van der Waals surface area contributed by atoms with Crippen molar-refractivity contribution in [2.45, 2.75) is 56.3 Å². The Hall–Kier alpha value is -2.91. The number of carboxylic acids is 3. The maximum Gasteiger partial charge on any atom is 0.326 e. The third-order valence-electron chi connectivity index (χ3n) is 4.33. The second-order valence-electron chi connectivity index (χ2n) is 6.96. The molecule has 0 bridgehead atoms. The van der Waals surface area contributed by atoms with Crippen molar-refractivity contribution in [1.29, 1.82) is 0 Å². The molecule has 33 heavy (non-hydrogen) atoms. The molecule has 0 aliphatic carbocycles. The minimum Gasteiger partial charge on any atom is -0.481 e. The van der Waals surface area contributed by atoms with Crippen molar-refractivity contribution >= 4 is 47.4 Å². The largest absolute Gasteiger partial charge is 0.481 e. The number of nitrogens with one attached hydrogen (secondary N) is 3. The number of nitrogens with two attached hydrogens (primary N) is 1. The number of carbonyl (C=O) groups is 6. The first-order valence-electron chi connectivity index (χ1n) is 9.85. The van der Waals surface area contributed by atoms with Crippen LogP contribution in [0, 0.1) is 0 Å². The topological polar surface area (TPSA) is 245 Å². The first-order valence-corrected chi connectivity index (χ1v) is 11.2. The van der Waals surface area contributed by atoms with Gasteiger partial charge >= 0.3 is 17.9 Å². The van der Waals surface area contributed by atoms with Gasteiger partial charge < -0.3 is 42.1 Å². The van der Waals surface area contributed by atoms with Gasteiger partial charge in [0, 0.05) is 12.8 Å². The second-order valence-corrected chi connectivity index (χ2v) is 7.94. The lowest BCUT2D eigenvalue weighted by Crippen LogP contribution is -2.58. The molecule has 0 aromatic rings. The van der Waals surface area contributed by atoms with Crippen LogP contribution < -0.4 is 21.7 Å². The number of hydrogen-bond acceptors (Lipinski definition) is 9. The van der Waals surface area contributed by atoms with Crippen molar-refractivity contribution in [2.24, 2.45) is 5.73 Å². The number of thioether (sulfide) groups is 1. The monoisotopic (exact) mass is 494 g/mol. The van der Waals surface area contributed by atoms with Gasteiger partial charge in [0.05, 0.1) is 12.6 Å². The van der Waals surface area contributed by atoms with Crippen molar-refractivity contribution in [2.75, 3.05) is 18.6 Å². The highest BCUT2D eigenvalue weighted by Gasteiger charge is 2.30. The Morgan fingerprint density at radius 3 is 1.73 bits per heavy atom. The van der Waals surface area contributed by atoms with Crippen LogP contribution in [-0.4, -0.2) is 98.8 Å². The second kappa shape index (κ2) is 15.8. The molecule has 0 heterocycles. The third-order valence-corrected chi connectivity index (χ3v) is 4.97. The summed E-state index contributed by atoms with van der Waals surface area (Å²) in [6.07, 6.45) is 0.294. The van der Waals surface area contributed by atoms with Gasteiger partial charge in [-0.1, -0.05) is 0 Å². The predicted molar refractivity (Wildman–Crippen MR) is 115 cm³/mol. The standard InChI is InChI=1S/C18H30N4O10S/c1-33-7-6-11(18(31)32)21-16(29)10(3-5-14(26)27)20-17(30)12(8-23)22-15(28)9(19)2-4-13(24)25/h9-12,23H,2-8,19H2,1H3,(H,20,30)(H,21,29)(H,22,28)(H,24,25)(H,26,27)(H,31,32). The van der Waals surface area contributed by atoms with Gasteiger partial charge in [0.15, 0.2) is 0 Å². The SMILES string of the molecule is CSCCC(NC(=O)C(CCC(=O)O)NC(=O)C(CO)NC(=O)C(N)CCC(=O)O)C(=O)O. The molecule has 14 nitrogen and oxygen atoms in total. The van der Waals surface area contributed by atoms with Gasteiger partial charge in [-0.2, -0.15) is 11.8 Å². The smallest absolute Gasteiger partial charge is 0.326 e. The van der Waals surface area contributed by atoms with Crippen LogP contribution in [-0.2, 0) is 28.8 Å². The summed E-state index contributed by atoms with van der Waals surface area (Å²) in [6, 6.07) is -5.58. The molecule has 0 aromatic heterocycles. The van der Waals surface area contributed by atoms with Crippen molar-refractivity contribution in [1.82, 2.24) is 16.0 Å². The number of aliphatic hydroxyl groups excluding tert-OH is 1. The van der Waals surface area contributed by atoms with Gasteiger partial charge in [0.1, 0.15) is 18.1 Å². The van der Waals surface area contributed by atoms with E-state index in [1.807, 2.05) is 0 Å². The summed E-state index contributed by atoms with van der Waals surface area (Å²) in [5.74, 6) is -6.24. The molecule has 0 radical (unpaired) electrons. The summed E-state index contributed by atoms with van der Waals surface area (Å²) >= 11 is 1.35. The molecular formula is C18H30N4O10S. The van der Waals surface area contributed by atoms with Gasteiger partial charge in [-0.25, -0.2) is 4.79 Å². The van der Waals surface area contributed by atoms with Gasteiger partial charge in [-0.05, 0) is 31.3 Å². The number of carboxylic acid groups (broad SMARTS) is 3. The summed E-state index contributed by atoms with van der Waals surface area (Å²) in [5.41, 5.74) is 5.55. The van der Waals surface area contributed by atoms with E-state index in [-0.39, 0.29) is 19.3 Å². The summed E-state index contributed by atoms with van der Waals surface area (Å²) in [7, 11) is 0. The fraction of sp³-hybridized carbons (Fsp3) is 0.667. The minimum absolute atomic E-state index is 0.0887. The van der Waals surface area contributed by atoms with E-state index in [2.05, 4.69) is 16.0 Å². The first-order chi connectivity index (χ1) is 15.4. The normalized spacial score (nSPS) is 14.3. The lowest BCUT2D eigenvalue weighted by Gasteiger charge is -2.24. The average Bonchev–Trinajstić information content (AvgIpc) is 2.74. The Labute approximate surface area is 193 Å². The van der Waals surface area contributed by atoms with Crippen molar-refractivity contribution in [3.05, 3.63) is 0 Å². The van der Waals surface area contributed by atoms with Gasteiger partial charge in [0.25, 0.3) is 0 Å². The highest BCUT2D eigenvalue weighted by molar-refractivity contribution is 7.98. The molecule has 0 spiro atoms. The van der Waals surface area contributed by atoms with E-state index in [9.17, 15) is 39.0 Å². The molecule has 0 saturated carbocycles. The molecule has 9 N–H and O–H groups in total. The Kier molecular flexibility index (Phi) is 14.4. The highest BCUT2D eigenvalue weighted by Crippen LogP contribution is 2.05. The van der Waals surface area contributed by atoms with Crippen molar-refractivity contribution in [3.8, 4) is 0 Å². The fourth-order valence-electron chi connectivity index (χ4n) is 2.46. The number of rotatable bonds is 17. The third kappa shape index (κ3) is 12.6. The fourth-order valence-corrected chi connectivity index (χ4v) is 2.93. The van der Waals surface area contributed by atoms with Crippen molar-refractivity contribution < 1.29 is 49.2 Å². The van der Waals surface area contributed by atoms with Gasteiger partial charge in [0.2, 0.25) is 17.7 Å². The summed E-state index contributed by atoms with van der Waals surface area (Å²) in [6.45, 7) is -0.901. The van der Waals surface area contributed by atoms with Crippen LogP contribution in [0.15, 0.2) is 0 Å². The molecule has 0 aliphatic heterocycles. The maximum absolute atomic E-state index is 12.5. The van der Waals surface area contributed by atoms with Crippen LogP contribution in [0.4, 0.5) is 0 Å². The van der Waals surface area contributed by atoms with Crippen LogP contribution in [0.25, 0.3) is 0 Å². The number of hydrogen-bond donors (Lipinski definition) is 8. The van der Waals surface area contributed by atoms with E-state index < -0.39 is 79.2 Å². The molecule has 188 valence electrons. The van der Waals surface area contributed by atoms with Crippen LogP contribution >= 0.6 is 11.8 Å². The molecule has 0 saturated heterocycles. The van der Waals surface area contributed by atoms with Gasteiger partial charge in [-0.15, -0.1) is 0 Å². The predicted octanol–water partition coefficient (Wildman–Crippen LogP) is -2.67. The summed E-state index contributed by atoms with van der Waals surface area (Å²) < 4.78 is 0. The molecule has 4 atom stereocenters. The number of aliphatic carboxylic acids is 3. The number of amides is 3. The highest BCUT2D eigenvalue weighted by atomic mass is 32.2. The van der Waals surface area contributed by atoms with E-state index in [0.29, 0.717) is 5.75 Å². The maximum atomic E-state index is 12.5. The zero-order valence-corrected chi connectivity index (χ0v) is 18.8.